The fourth-order valence-corrected chi connectivity index (χ4v) is 4.62. The fourth-order valence-electron chi connectivity index (χ4n) is 3.50. The zero-order valence-corrected chi connectivity index (χ0v) is 22.6. The maximum atomic E-state index is 13.4. The van der Waals surface area contributed by atoms with Crippen LogP contribution in [0.15, 0.2) is 48.5 Å². The van der Waals surface area contributed by atoms with Gasteiger partial charge in [0.15, 0.2) is 0 Å². The molecule has 0 aromatic heterocycles. The number of benzene rings is 2. The molecular weight excluding hydrogens is 531 g/mol. The number of rotatable bonds is 11. The average Bonchev–Trinajstić information content (AvgIpc) is 2.80. The number of nitrogens with one attached hydrogen (secondary N) is 1. The van der Waals surface area contributed by atoms with Crippen molar-refractivity contribution in [3.63, 3.8) is 0 Å². The Balaban J connectivity index is 2.41. The van der Waals surface area contributed by atoms with Gasteiger partial charge in [0.05, 0.1) is 22.5 Å². The molecule has 2 aromatic carbocycles. The molecule has 7 nitrogen and oxygen atoms in total. The van der Waals surface area contributed by atoms with Crippen molar-refractivity contribution < 1.29 is 31.2 Å². The first-order valence-electron chi connectivity index (χ1n) is 11.6. The predicted octanol–water partition coefficient (Wildman–Crippen LogP) is 4.36. The van der Waals surface area contributed by atoms with Crippen LogP contribution in [0.1, 0.15) is 31.9 Å². The van der Waals surface area contributed by atoms with Crippen molar-refractivity contribution in [1.82, 2.24) is 10.2 Å². The normalized spacial score (nSPS) is 12.8. The van der Waals surface area contributed by atoms with Crippen LogP contribution in [-0.2, 0) is 32.2 Å². The van der Waals surface area contributed by atoms with Crippen LogP contribution < -0.4 is 9.62 Å². The number of nitrogens with zero attached hydrogens (tertiary/aromatic N) is 2. The van der Waals surface area contributed by atoms with Gasteiger partial charge in [0.1, 0.15) is 12.6 Å². The second-order valence-electron chi connectivity index (χ2n) is 9.07. The van der Waals surface area contributed by atoms with E-state index in [1.807, 2.05) is 44.2 Å². The third kappa shape index (κ3) is 8.92. The van der Waals surface area contributed by atoms with Gasteiger partial charge in [-0.05, 0) is 43.0 Å². The molecule has 0 spiro atoms. The van der Waals surface area contributed by atoms with E-state index >= 15 is 0 Å². The largest absolute Gasteiger partial charge is 0.416 e. The number of alkyl halides is 3. The van der Waals surface area contributed by atoms with Gasteiger partial charge >= 0.3 is 6.18 Å². The van der Waals surface area contributed by atoms with Crippen LogP contribution in [0.4, 0.5) is 18.9 Å². The summed E-state index contributed by atoms with van der Waals surface area (Å²) >= 11 is 6.07. The minimum atomic E-state index is -4.75. The van der Waals surface area contributed by atoms with Gasteiger partial charge < -0.3 is 10.2 Å². The van der Waals surface area contributed by atoms with E-state index in [4.69, 9.17) is 11.6 Å². The van der Waals surface area contributed by atoms with Gasteiger partial charge in [0, 0.05) is 13.1 Å². The quantitative estimate of drug-likeness (QED) is 0.442. The van der Waals surface area contributed by atoms with Gasteiger partial charge in [-0.1, -0.05) is 55.8 Å². The first kappa shape index (κ1) is 30.4. The molecule has 12 heteroatoms. The summed E-state index contributed by atoms with van der Waals surface area (Å²) in [6.07, 6.45) is -3.61. The summed E-state index contributed by atoms with van der Waals surface area (Å²) in [7, 11) is -4.23. The van der Waals surface area contributed by atoms with Crippen molar-refractivity contribution in [3.8, 4) is 0 Å². The maximum absolute atomic E-state index is 13.4. The predicted molar refractivity (Wildman–Crippen MR) is 138 cm³/mol. The van der Waals surface area contributed by atoms with Crippen molar-refractivity contribution in [2.24, 2.45) is 5.92 Å². The third-order valence-corrected chi connectivity index (χ3v) is 7.00. The van der Waals surface area contributed by atoms with Crippen LogP contribution >= 0.6 is 11.6 Å². The summed E-state index contributed by atoms with van der Waals surface area (Å²) in [5.41, 5.74) is -0.710. The van der Waals surface area contributed by atoms with Crippen LogP contribution in [0, 0.1) is 5.92 Å². The molecule has 0 aliphatic rings. The highest BCUT2D eigenvalue weighted by Gasteiger charge is 2.34. The zero-order valence-electron chi connectivity index (χ0n) is 21.0. The lowest BCUT2D eigenvalue weighted by molar-refractivity contribution is -0.138. The Hall–Kier alpha value is -2.79. The molecule has 0 heterocycles. The third-order valence-electron chi connectivity index (χ3n) is 5.56. The molecule has 0 aliphatic carbocycles. The molecule has 37 heavy (non-hydrogen) atoms. The van der Waals surface area contributed by atoms with Gasteiger partial charge in [-0.3, -0.25) is 13.9 Å². The molecule has 0 bridgehead atoms. The smallest absolute Gasteiger partial charge is 0.354 e. The van der Waals surface area contributed by atoms with Crippen molar-refractivity contribution >= 4 is 39.1 Å². The summed E-state index contributed by atoms with van der Waals surface area (Å²) in [5.74, 6) is -1.03. The summed E-state index contributed by atoms with van der Waals surface area (Å²) in [6.45, 7) is 4.95. The highest BCUT2D eigenvalue weighted by Crippen LogP contribution is 2.36. The standard InChI is InChI=1S/C25H31ClF3N3O4S/c1-17(2)15-30-24(34)18(3)31(13-12-19-8-6-5-7-9-19)23(33)16-32(37(4,35)36)22-14-20(25(27,28)29)10-11-21(22)26/h5-11,14,17-18H,12-13,15-16H2,1-4H3,(H,30,34). The Morgan fingerprint density at radius 2 is 1.68 bits per heavy atom. The van der Waals surface area contributed by atoms with Crippen molar-refractivity contribution in [2.75, 3.05) is 30.2 Å². The highest BCUT2D eigenvalue weighted by molar-refractivity contribution is 7.92. The van der Waals surface area contributed by atoms with Crippen LogP contribution in [0.5, 0.6) is 0 Å². The number of hydrogen-bond donors (Lipinski definition) is 1. The SMILES string of the molecule is CC(C)CNC(=O)C(C)N(CCc1ccccc1)C(=O)CN(c1cc(C(F)(F)F)ccc1Cl)S(C)(=O)=O. The van der Waals surface area contributed by atoms with Crippen molar-refractivity contribution in [2.45, 2.75) is 39.4 Å². The monoisotopic (exact) mass is 561 g/mol. The number of halogens is 4. The minimum absolute atomic E-state index is 0.0764. The van der Waals surface area contributed by atoms with E-state index in [0.717, 1.165) is 24.0 Å². The molecule has 0 fully saturated rings. The van der Waals surface area contributed by atoms with Crippen molar-refractivity contribution in [1.29, 1.82) is 0 Å². The number of amides is 2. The number of carbonyl (C=O) groups excluding carboxylic acids is 2. The number of hydrogen-bond acceptors (Lipinski definition) is 4. The molecular formula is C25H31ClF3N3O4S. The molecule has 2 rings (SSSR count). The Morgan fingerprint density at radius 3 is 2.22 bits per heavy atom. The molecule has 1 atom stereocenters. The Bertz CT molecular complexity index is 1190. The summed E-state index contributed by atoms with van der Waals surface area (Å²) in [5, 5.41) is 2.48. The molecule has 0 aliphatic heterocycles. The second-order valence-corrected chi connectivity index (χ2v) is 11.4. The lowest BCUT2D eigenvalue weighted by atomic mass is 10.1. The van der Waals surface area contributed by atoms with E-state index in [0.29, 0.717) is 23.3 Å². The Labute approximate surface area is 220 Å². The summed E-state index contributed by atoms with van der Waals surface area (Å²) in [4.78, 5) is 27.5. The van der Waals surface area contributed by atoms with Crippen LogP contribution in [0.25, 0.3) is 0 Å². The molecule has 204 valence electrons. The Kier molecular flexibility index (Phi) is 10.4. The van der Waals surface area contributed by atoms with E-state index < -0.39 is 51.9 Å². The molecule has 2 amide bonds. The number of carbonyl (C=O) groups is 2. The topological polar surface area (TPSA) is 86.8 Å². The summed E-state index contributed by atoms with van der Waals surface area (Å²) < 4.78 is 65.6. The highest BCUT2D eigenvalue weighted by atomic mass is 35.5. The van der Waals surface area contributed by atoms with Gasteiger partial charge in [-0.15, -0.1) is 0 Å². The first-order chi connectivity index (χ1) is 17.1. The lowest BCUT2D eigenvalue weighted by Gasteiger charge is -2.32. The van der Waals surface area contributed by atoms with E-state index in [2.05, 4.69) is 5.32 Å². The van der Waals surface area contributed by atoms with Gasteiger partial charge in [0.25, 0.3) is 0 Å². The average molecular weight is 562 g/mol. The minimum Gasteiger partial charge on any atom is -0.354 e. The zero-order chi connectivity index (χ0) is 28.0. The van der Waals surface area contributed by atoms with Gasteiger partial charge in [-0.2, -0.15) is 13.2 Å². The molecule has 1 N–H and O–H groups in total. The number of sulfonamides is 1. The van der Waals surface area contributed by atoms with Crippen LogP contribution in [0.3, 0.4) is 0 Å². The molecule has 0 radical (unpaired) electrons. The Morgan fingerprint density at radius 1 is 1.05 bits per heavy atom. The molecule has 2 aromatic rings. The van der Waals surface area contributed by atoms with E-state index in [-0.39, 0.29) is 17.5 Å². The molecule has 0 saturated carbocycles. The van der Waals surface area contributed by atoms with Crippen LogP contribution in [-0.4, -0.2) is 57.1 Å². The van der Waals surface area contributed by atoms with E-state index in [1.165, 1.54) is 11.8 Å². The lowest BCUT2D eigenvalue weighted by Crippen LogP contribution is -2.52. The molecule has 0 saturated heterocycles. The van der Waals surface area contributed by atoms with Gasteiger partial charge in [0.2, 0.25) is 21.8 Å². The van der Waals surface area contributed by atoms with Crippen LogP contribution in [0.2, 0.25) is 5.02 Å². The number of anilines is 1. The fraction of sp³-hybridized carbons (Fsp3) is 0.440. The van der Waals surface area contributed by atoms with Gasteiger partial charge in [-0.25, -0.2) is 8.42 Å². The van der Waals surface area contributed by atoms with E-state index in [9.17, 15) is 31.2 Å². The first-order valence-corrected chi connectivity index (χ1v) is 13.8. The second kappa shape index (κ2) is 12.6. The summed E-state index contributed by atoms with van der Waals surface area (Å²) in [6, 6.07) is 10.4. The maximum Gasteiger partial charge on any atom is 0.416 e. The van der Waals surface area contributed by atoms with E-state index in [1.54, 1.807) is 0 Å². The molecule has 1 unspecified atom stereocenters. The van der Waals surface area contributed by atoms with Crippen molar-refractivity contribution in [3.05, 3.63) is 64.7 Å².